The quantitative estimate of drug-likeness (QED) is 0.465. The normalized spacial score (nSPS) is 34.8. The van der Waals surface area contributed by atoms with E-state index in [4.69, 9.17) is 5.84 Å². The van der Waals surface area contributed by atoms with Gasteiger partial charge in [0.1, 0.15) is 0 Å². The number of hydrogen-bond acceptors (Lipinski definition) is 3. The van der Waals surface area contributed by atoms with E-state index in [1.165, 1.54) is 0 Å². The number of allylic oxidation sites excluding steroid dienone is 1. The fraction of sp³-hybridized carbons (Fsp3) is 0.857. The van der Waals surface area contributed by atoms with Crippen molar-refractivity contribution >= 4 is 0 Å². The third-order valence-electron chi connectivity index (χ3n) is 4.52. The molecule has 3 aliphatic rings. The first-order valence-corrected chi connectivity index (χ1v) is 7.30. The maximum absolute atomic E-state index is 12.1. The fourth-order valence-electron chi connectivity index (χ4n) is 3.64. The molecule has 2 aliphatic heterocycles. The van der Waals surface area contributed by atoms with Crippen LogP contribution in [0.5, 0.6) is 0 Å². The van der Waals surface area contributed by atoms with Crippen LogP contribution in [-0.4, -0.2) is 35.2 Å². The third-order valence-corrected chi connectivity index (χ3v) is 4.52. The van der Waals surface area contributed by atoms with Crippen LogP contribution in [0.3, 0.4) is 0 Å². The third kappa shape index (κ3) is 3.35. The van der Waals surface area contributed by atoms with Gasteiger partial charge >= 0.3 is 6.18 Å². The zero-order chi connectivity index (χ0) is 14.9. The fourth-order valence-corrected chi connectivity index (χ4v) is 3.64. The Balaban J connectivity index is 1.92. The highest BCUT2D eigenvalue weighted by atomic mass is 19.4. The maximum atomic E-state index is 12.1. The number of fused-ring (bicyclic) bond motifs is 2. The van der Waals surface area contributed by atoms with Gasteiger partial charge in [0.2, 0.25) is 0 Å². The van der Waals surface area contributed by atoms with E-state index in [9.17, 15) is 13.2 Å². The lowest BCUT2D eigenvalue weighted by molar-refractivity contribution is -0.133. The molecule has 0 spiro atoms. The molecule has 3 fully saturated rings. The largest absolute Gasteiger partial charge is 0.389 e. The van der Waals surface area contributed by atoms with Crippen LogP contribution in [0.4, 0.5) is 13.2 Å². The van der Waals surface area contributed by atoms with Crippen molar-refractivity contribution in [3.63, 3.8) is 0 Å². The van der Waals surface area contributed by atoms with Gasteiger partial charge in [-0.1, -0.05) is 12.2 Å². The van der Waals surface area contributed by atoms with E-state index in [0.717, 1.165) is 12.8 Å². The Morgan fingerprint density at radius 2 is 2.00 bits per heavy atom. The van der Waals surface area contributed by atoms with Gasteiger partial charge in [-0.3, -0.25) is 16.2 Å². The second kappa shape index (κ2) is 6.03. The van der Waals surface area contributed by atoms with Crippen LogP contribution < -0.4 is 11.3 Å². The summed E-state index contributed by atoms with van der Waals surface area (Å²) in [5.74, 6) is 5.91. The molecule has 0 aromatic carbocycles. The number of nitrogens with one attached hydrogen (secondary N) is 1. The lowest BCUT2D eigenvalue weighted by Gasteiger charge is -2.61. The highest BCUT2D eigenvalue weighted by Gasteiger charge is 2.51. The summed E-state index contributed by atoms with van der Waals surface area (Å²) in [6.07, 6.45) is 0.908. The van der Waals surface area contributed by atoms with Crippen molar-refractivity contribution in [1.82, 2.24) is 10.3 Å². The van der Waals surface area contributed by atoms with Gasteiger partial charge in [0, 0.05) is 30.6 Å². The molecule has 4 atom stereocenters. The lowest BCUT2D eigenvalue weighted by atomic mass is 9.69. The summed E-state index contributed by atoms with van der Waals surface area (Å²) in [5, 5.41) is 0. The Morgan fingerprint density at radius 3 is 2.55 bits per heavy atom. The zero-order valence-electron chi connectivity index (χ0n) is 12.0. The molecule has 3 rings (SSSR count). The number of nitrogens with zero attached hydrogens (tertiary/aromatic N) is 1. The second-order valence-electron chi connectivity index (χ2n) is 6.17. The Bertz CT molecular complexity index is 354. The van der Waals surface area contributed by atoms with E-state index in [1.807, 2.05) is 6.08 Å². The number of nitrogens with two attached hydrogens (primary N) is 1. The van der Waals surface area contributed by atoms with E-state index >= 15 is 0 Å². The average molecular weight is 291 g/mol. The zero-order valence-corrected chi connectivity index (χ0v) is 12.0. The van der Waals surface area contributed by atoms with Crippen molar-refractivity contribution in [2.75, 3.05) is 0 Å². The van der Waals surface area contributed by atoms with E-state index in [2.05, 4.69) is 24.2 Å². The van der Waals surface area contributed by atoms with Crippen molar-refractivity contribution < 1.29 is 13.2 Å². The first-order valence-electron chi connectivity index (χ1n) is 7.30. The van der Waals surface area contributed by atoms with Crippen LogP contribution in [0.15, 0.2) is 12.2 Å². The number of rotatable bonds is 5. The molecule has 4 unspecified atom stereocenters. The van der Waals surface area contributed by atoms with Crippen molar-refractivity contribution in [2.45, 2.75) is 69.9 Å². The van der Waals surface area contributed by atoms with Crippen molar-refractivity contribution in [3.8, 4) is 0 Å². The van der Waals surface area contributed by atoms with Gasteiger partial charge < -0.3 is 0 Å². The summed E-state index contributed by atoms with van der Waals surface area (Å²) in [5.41, 5.74) is 2.87. The standard InChI is InChI=1S/C14H24F3N3/c1-9(2)20-12-8-13(20)11(19-18)7-10(12)5-3-4-6-14(15,16)17/h3,5,9-13,19H,4,6-8,18H2,1-2H3/b5-3-. The van der Waals surface area contributed by atoms with Crippen LogP contribution >= 0.6 is 0 Å². The number of piperidine rings is 1. The predicted octanol–water partition coefficient (Wildman–Crippen LogP) is 2.59. The van der Waals surface area contributed by atoms with Crippen molar-refractivity contribution in [3.05, 3.63) is 12.2 Å². The van der Waals surface area contributed by atoms with Gasteiger partial charge in [0.15, 0.2) is 0 Å². The van der Waals surface area contributed by atoms with Gasteiger partial charge in [0.25, 0.3) is 0 Å². The summed E-state index contributed by atoms with van der Waals surface area (Å²) in [4.78, 5) is 2.44. The number of hydrogen-bond donors (Lipinski definition) is 2. The molecule has 2 heterocycles. The Morgan fingerprint density at radius 1 is 1.30 bits per heavy atom. The molecule has 3 nitrogen and oxygen atoms in total. The van der Waals surface area contributed by atoms with Crippen LogP contribution in [0.2, 0.25) is 0 Å². The first kappa shape index (κ1) is 15.8. The minimum absolute atomic E-state index is 0.0680. The highest BCUT2D eigenvalue weighted by molar-refractivity contribution is 5.13. The molecule has 0 aromatic rings. The monoisotopic (exact) mass is 291 g/mol. The molecule has 0 aromatic heterocycles. The van der Waals surface area contributed by atoms with Gasteiger partial charge in [-0.25, -0.2) is 0 Å². The smallest absolute Gasteiger partial charge is 0.293 e. The number of alkyl halides is 3. The maximum Gasteiger partial charge on any atom is 0.389 e. The molecule has 2 bridgehead atoms. The molecule has 1 aliphatic carbocycles. The van der Waals surface area contributed by atoms with Crippen LogP contribution in [0, 0.1) is 5.92 Å². The van der Waals surface area contributed by atoms with Crippen molar-refractivity contribution in [1.29, 1.82) is 0 Å². The van der Waals surface area contributed by atoms with E-state index in [0.29, 0.717) is 24.0 Å². The average Bonchev–Trinajstić information content (AvgIpc) is 2.31. The SMILES string of the molecule is CC(C)N1C2CC1C(NN)CC2/C=C\CCC(F)(F)F. The van der Waals surface area contributed by atoms with Crippen molar-refractivity contribution in [2.24, 2.45) is 11.8 Å². The predicted molar refractivity (Wildman–Crippen MR) is 72.8 cm³/mol. The molecule has 116 valence electrons. The van der Waals surface area contributed by atoms with Gasteiger partial charge in [-0.15, -0.1) is 0 Å². The number of halogens is 3. The molecule has 0 amide bonds. The summed E-state index contributed by atoms with van der Waals surface area (Å²) in [7, 11) is 0. The minimum Gasteiger partial charge on any atom is -0.293 e. The Kier molecular flexibility index (Phi) is 4.76. The van der Waals surface area contributed by atoms with Gasteiger partial charge in [-0.2, -0.15) is 13.2 Å². The summed E-state index contributed by atoms with van der Waals surface area (Å²) in [6, 6.07) is 1.62. The molecule has 0 radical (unpaired) electrons. The summed E-state index contributed by atoms with van der Waals surface area (Å²) >= 11 is 0. The lowest BCUT2D eigenvalue weighted by Crippen LogP contribution is -2.72. The van der Waals surface area contributed by atoms with E-state index < -0.39 is 12.6 Å². The van der Waals surface area contributed by atoms with Crippen LogP contribution in [-0.2, 0) is 0 Å². The molecule has 6 heteroatoms. The summed E-state index contributed by atoms with van der Waals surface area (Å²) in [6.45, 7) is 4.31. The van der Waals surface area contributed by atoms with Gasteiger partial charge in [0.05, 0.1) is 0 Å². The molecule has 2 saturated heterocycles. The minimum atomic E-state index is -4.07. The van der Waals surface area contributed by atoms with Crippen LogP contribution in [0.25, 0.3) is 0 Å². The number of hydrazine groups is 1. The molecule has 3 N–H and O–H groups in total. The molecule has 1 saturated carbocycles. The topological polar surface area (TPSA) is 41.3 Å². The van der Waals surface area contributed by atoms with Crippen LogP contribution in [0.1, 0.15) is 39.5 Å². The molecule has 20 heavy (non-hydrogen) atoms. The second-order valence-corrected chi connectivity index (χ2v) is 6.17. The Labute approximate surface area is 118 Å². The van der Waals surface area contributed by atoms with E-state index in [-0.39, 0.29) is 12.5 Å². The first-order chi connectivity index (χ1) is 9.33. The highest BCUT2D eigenvalue weighted by Crippen LogP contribution is 2.43. The van der Waals surface area contributed by atoms with Gasteiger partial charge in [-0.05, 0) is 39.0 Å². The summed E-state index contributed by atoms with van der Waals surface area (Å²) < 4.78 is 36.4. The molecular formula is C14H24F3N3. The molecular weight excluding hydrogens is 267 g/mol. The van der Waals surface area contributed by atoms with E-state index in [1.54, 1.807) is 6.08 Å². The Hall–Kier alpha value is -0.590.